The van der Waals surface area contributed by atoms with Gasteiger partial charge in [0.2, 0.25) is 0 Å². The minimum absolute atomic E-state index is 0.0811. The predicted molar refractivity (Wildman–Crippen MR) is 87.4 cm³/mol. The topological polar surface area (TPSA) is 12.0 Å². The molecular weight excluding hydrogens is 285 g/mol. The molecular formula is C18H15ClFN. The van der Waals surface area contributed by atoms with Crippen LogP contribution in [0.5, 0.6) is 0 Å². The molecule has 0 radical (unpaired) electrons. The van der Waals surface area contributed by atoms with Gasteiger partial charge in [-0.25, -0.2) is 4.39 Å². The Balaban J connectivity index is 1.87. The smallest absolute Gasteiger partial charge is 0.124 e. The second-order valence-corrected chi connectivity index (χ2v) is 5.50. The first-order chi connectivity index (χ1) is 10.1. The van der Waals surface area contributed by atoms with Crippen molar-refractivity contribution in [3.8, 4) is 0 Å². The second-order valence-electron chi connectivity index (χ2n) is 5.10. The molecule has 0 aliphatic rings. The van der Waals surface area contributed by atoms with Gasteiger partial charge >= 0.3 is 0 Å². The van der Waals surface area contributed by atoms with Crippen LogP contribution in [0.3, 0.4) is 0 Å². The lowest BCUT2D eigenvalue weighted by molar-refractivity contribution is 0.628. The average Bonchev–Trinajstić information content (AvgIpc) is 2.49. The molecule has 0 heterocycles. The Morgan fingerprint density at radius 1 is 0.952 bits per heavy atom. The van der Waals surface area contributed by atoms with Gasteiger partial charge in [0.05, 0.1) is 10.7 Å². The third kappa shape index (κ3) is 3.01. The van der Waals surface area contributed by atoms with Gasteiger partial charge in [0.1, 0.15) is 5.82 Å². The molecule has 3 heteroatoms. The van der Waals surface area contributed by atoms with Crippen LogP contribution in [0.25, 0.3) is 10.8 Å². The summed E-state index contributed by atoms with van der Waals surface area (Å²) in [5, 5.41) is 6.13. The monoisotopic (exact) mass is 299 g/mol. The van der Waals surface area contributed by atoms with Gasteiger partial charge in [-0.15, -0.1) is 0 Å². The molecule has 0 saturated heterocycles. The molecule has 3 rings (SSSR count). The molecule has 3 aromatic rings. The van der Waals surface area contributed by atoms with Crippen LogP contribution in [0, 0.1) is 5.82 Å². The van der Waals surface area contributed by atoms with Gasteiger partial charge in [0, 0.05) is 6.04 Å². The van der Waals surface area contributed by atoms with Crippen LogP contribution in [0.4, 0.5) is 10.1 Å². The maximum absolute atomic E-state index is 13.1. The van der Waals surface area contributed by atoms with Crippen LogP contribution < -0.4 is 5.32 Å². The van der Waals surface area contributed by atoms with Gasteiger partial charge in [0.15, 0.2) is 0 Å². The summed E-state index contributed by atoms with van der Waals surface area (Å²) in [6.45, 7) is 2.06. The molecule has 0 saturated carbocycles. The van der Waals surface area contributed by atoms with Gasteiger partial charge < -0.3 is 5.32 Å². The van der Waals surface area contributed by atoms with E-state index in [9.17, 15) is 4.39 Å². The zero-order valence-electron chi connectivity index (χ0n) is 11.6. The number of anilines is 1. The summed E-state index contributed by atoms with van der Waals surface area (Å²) < 4.78 is 13.1. The number of hydrogen-bond donors (Lipinski definition) is 1. The Bertz CT molecular complexity index is 785. The highest BCUT2D eigenvalue weighted by atomic mass is 35.5. The van der Waals surface area contributed by atoms with Crippen molar-refractivity contribution >= 4 is 28.1 Å². The molecule has 0 aliphatic heterocycles. The van der Waals surface area contributed by atoms with Crippen molar-refractivity contribution in [3.63, 3.8) is 0 Å². The third-order valence-electron chi connectivity index (χ3n) is 3.58. The van der Waals surface area contributed by atoms with Crippen LogP contribution in [0.1, 0.15) is 18.5 Å². The highest BCUT2D eigenvalue weighted by Crippen LogP contribution is 2.28. The molecule has 0 aliphatic carbocycles. The van der Waals surface area contributed by atoms with Gasteiger partial charge in [-0.1, -0.05) is 48.0 Å². The fourth-order valence-electron chi connectivity index (χ4n) is 2.40. The average molecular weight is 300 g/mol. The number of hydrogen-bond acceptors (Lipinski definition) is 1. The van der Waals surface area contributed by atoms with Crippen molar-refractivity contribution in [3.05, 3.63) is 77.1 Å². The zero-order chi connectivity index (χ0) is 14.8. The van der Waals surface area contributed by atoms with E-state index in [1.807, 2.05) is 12.1 Å². The molecule has 21 heavy (non-hydrogen) atoms. The SMILES string of the molecule is CC(Nc1ccc(F)cc1Cl)c1ccc2ccccc2c1. The molecule has 106 valence electrons. The van der Waals surface area contributed by atoms with Crippen LogP contribution in [-0.4, -0.2) is 0 Å². The number of rotatable bonds is 3. The molecule has 0 aromatic heterocycles. The number of benzene rings is 3. The van der Waals surface area contributed by atoms with Gasteiger partial charge in [0.25, 0.3) is 0 Å². The first-order valence-corrected chi connectivity index (χ1v) is 7.21. The molecule has 1 nitrogen and oxygen atoms in total. The van der Waals surface area contributed by atoms with Gasteiger partial charge in [-0.3, -0.25) is 0 Å². The van der Waals surface area contributed by atoms with Crippen molar-refractivity contribution in [1.82, 2.24) is 0 Å². The molecule has 1 unspecified atom stereocenters. The van der Waals surface area contributed by atoms with E-state index in [0.29, 0.717) is 5.02 Å². The van der Waals surface area contributed by atoms with E-state index in [4.69, 9.17) is 11.6 Å². The summed E-state index contributed by atoms with van der Waals surface area (Å²) in [4.78, 5) is 0. The molecule has 0 fully saturated rings. The maximum atomic E-state index is 13.1. The third-order valence-corrected chi connectivity index (χ3v) is 3.89. The van der Waals surface area contributed by atoms with Crippen molar-refractivity contribution in [2.24, 2.45) is 0 Å². The molecule has 0 bridgehead atoms. The maximum Gasteiger partial charge on any atom is 0.124 e. The van der Waals surface area contributed by atoms with E-state index >= 15 is 0 Å². The fourth-order valence-corrected chi connectivity index (χ4v) is 2.62. The Morgan fingerprint density at radius 2 is 1.71 bits per heavy atom. The Hall–Kier alpha value is -2.06. The van der Waals surface area contributed by atoms with Crippen molar-refractivity contribution in [1.29, 1.82) is 0 Å². The van der Waals surface area contributed by atoms with E-state index < -0.39 is 0 Å². The molecule has 3 aromatic carbocycles. The molecule has 1 N–H and O–H groups in total. The summed E-state index contributed by atoms with van der Waals surface area (Å²) in [6, 6.07) is 19.1. The lowest BCUT2D eigenvalue weighted by Gasteiger charge is -2.17. The summed E-state index contributed by atoms with van der Waals surface area (Å²) in [7, 11) is 0. The Kier molecular flexibility index (Phi) is 3.80. The van der Waals surface area contributed by atoms with Crippen LogP contribution >= 0.6 is 11.6 Å². The van der Waals surface area contributed by atoms with E-state index in [1.54, 1.807) is 6.07 Å². The summed E-state index contributed by atoms with van der Waals surface area (Å²) in [5.74, 6) is -0.330. The van der Waals surface area contributed by atoms with Crippen LogP contribution in [0.2, 0.25) is 5.02 Å². The first kappa shape index (κ1) is 13.9. The number of nitrogens with one attached hydrogen (secondary N) is 1. The van der Waals surface area contributed by atoms with Crippen molar-refractivity contribution < 1.29 is 4.39 Å². The van der Waals surface area contributed by atoms with E-state index in [2.05, 4.69) is 42.6 Å². The summed E-state index contributed by atoms with van der Waals surface area (Å²) in [5.41, 5.74) is 1.90. The van der Waals surface area contributed by atoms with E-state index in [-0.39, 0.29) is 11.9 Å². The lowest BCUT2D eigenvalue weighted by atomic mass is 10.0. The van der Waals surface area contributed by atoms with Crippen molar-refractivity contribution in [2.45, 2.75) is 13.0 Å². The van der Waals surface area contributed by atoms with Gasteiger partial charge in [-0.05, 0) is 47.5 Å². The number of fused-ring (bicyclic) bond motifs is 1. The molecule has 0 amide bonds. The summed E-state index contributed by atoms with van der Waals surface area (Å²) >= 11 is 6.05. The number of halogens is 2. The summed E-state index contributed by atoms with van der Waals surface area (Å²) in [6.07, 6.45) is 0. The molecule has 0 spiro atoms. The molecule has 1 atom stereocenters. The standard InChI is InChI=1S/C18H15ClFN/c1-12(21-18-9-8-16(20)11-17(18)19)14-7-6-13-4-2-3-5-15(13)10-14/h2-12,21H,1H3. The lowest BCUT2D eigenvalue weighted by Crippen LogP contribution is -2.07. The van der Waals surface area contributed by atoms with Crippen molar-refractivity contribution in [2.75, 3.05) is 5.32 Å². The zero-order valence-corrected chi connectivity index (χ0v) is 12.4. The predicted octanol–water partition coefficient (Wildman–Crippen LogP) is 5.81. The van der Waals surface area contributed by atoms with E-state index in [0.717, 1.165) is 11.3 Å². The Morgan fingerprint density at radius 3 is 2.48 bits per heavy atom. The van der Waals surface area contributed by atoms with Crippen LogP contribution in [-0.2, 0) is 0 Å². The highest BCUT2D eigenvalue weighted by molar-refractivity contribution is 6.33. The highest BCUT2D eigenvalue weighted by Gasteiger charge is 2.09. The minimum atomic E-state index is -0.330. The van der Waals surface area contributed by atoms with E-state index in [1.165, 1.54) is 22.9 Å². The first-order valence-electron chi connectivity index (χ1n) is 6.84. The quantitative estimate of drug-likeness (QED) is 0.644. The largest absolute Gasteiger partial charge is 0.377 e. The fraction of sp³-hybridized carbons (Fsp3) is 0.111. The van der Waals surface area contributed by atoms with Crippen LogP contribution in [0.15, 0.2) is 60.7 Å². The minimum Gasteiger partial charge on any atom is -0.377 e. The normalized spacial score (nSPS) is 12.3. The second kappa shape index (κ2) is 5.74. The van der Waals surface area contributed by atoms with Gasteiger partial charge in [-0.2, -0.15) is 0 Å². The Labute approximate surface area is 128 Å².